The summed E-state index contributed by atoms with van der Waals surface area (Å²) in [6.45, 7) is 13.2. The van der Waals surface area contributed by atoms with E-state index in [4.69, 9.17) is 10.5 Å². The number of nitrogens with two attached hydrogens (primary N) is 1. The van der Waals surface area contributed by atoms with Crippen molar-refractivity contribution >= 4 is 0 Å². The number of aliphatic hydroxyl groups is 1. The van der Waals surface area contributed by atoms with E-state index in [1.165, 1.54) is 11.1 Å². The van der Waals surface area contributed by atoms with Gasteiger partial charge in [-0.3, -0.25) is 0 Å². The first-order valence-corrected chi connectivity index (χ1v) is 7.87. The fraction of sp³-hybridized carbons (Fsp3) is 0.667. The molecule has 3 N–H and O–H groups in total. The average molecular weight is 293 g/mol. The summed E-state index contributed by atoms with van der Waals surface area (Å²) >= 11 is 0. The molecule has 0 fully saturated rings. The Kier molecular flexibility index (Phi) is 6.24. The molecule has 0 amide bonds. The highest BCUT2D eigenvalue weighted by molar-refractivity contribution is 5.42. The van der Waals surface area contributed by atoms with Crippen molar-refractivity contribution in [3.63, 3.8) is 0 Å². The summed E-state index contributed by atoms with van der Waals surface area (Å²) in [4.78, 5) is 0. The highest BCUT2D eigenvalue weighted by Gasteiger charge is 2.22. The highest BCUT2D eigenvalue weighted by Crippen LogP contribution is 2.35. The van der Waals surface area contributed by atoms with Crippen molar-refractivity contribution in [1.29, 1.82) is 0 Å². The average Bonchev–Trinajstić information content (AvgIpc) is 2.37. The van der Waals surface area contributed by atoms with E-state index in [0.717, 1.165) is 5.75 Å². The van der Waals surface area contributed by atoms with Gasteiger partial charge in [0, 0.05) is 6.04 Å². The molecule has 1 aromatic rings. The number of benzene rings is 1. The van der Waals surface area contributed by atoms with Crippen molar-refractivity contribution in [3.8, 4) is 5.75 Å². The van der Waals surface area contributed by atoms with E-state index in [9.17, 15) is 5.11 Å². The Bertz CT molecular complexity index is 449. The molecule has 0 saturated heterocycles. The maximum absolute atomic E-state index is 9.98. The zero-order chi connectivity index (χ0) is 16.2. The molecule has 0 saturated carbocycles. The van der Waals surface area contributed by atoms with Gasteiger partial charge in [-0.05, 0) is 48.8 Å². The maximum Gasteiger partial charge on any atom is 0.123 e. The van der Waals surface area contributed by atoms with Gasteiger partial charge in [-0.1, -0.05) is 39.8 Å². The fourth-order valence-electron chi connectivity index (χ4n) is 2.43. The second-order valence-electron chi connectivity index (χ2n) is 7.00. The van der Waals surface area contributed by atoms with Crippen LogP contribution in [-0.2, 0) is 5.41 Å². The number of hydrogen-bond donors (Lipinski definition) is 2. The lowest BCUT2D eigenvalue weighted by atomic mass is 9.83. The third-order valence-electron chi connectivity index (χ3n) is 3.88. The van der Waals surface area contributed by atoms with Crippen LogP contribution in [0.25, 0.3) is 0 Å². The van der Waals surface area contributed by atoms with Gasteiger partial charge in [-0.2, -0.15) is 0 Å². The minimum atomic E-state index is -0.468. The van der Waals surface area contributed by atoms with E-state index < -0.39 is 6.10 Å². The minimum Gasteiger partial charge on any atom is -0.494 e. The van der Waals surface area contributed by atoms with Gasteiger partial charge in [-0.15, -0.1) is 0 Å². The minimum absolute atomic E-state index is 0.0278. The first kappa shape index (κ1) is 18.0. The Morgan fingerprint density at radius 2 is 1.86 bits per heavy atom. The Balaban J connectivity index is 3.04. The Morgan fingerprint density at radius 1 is 1.24 bits per heavy atom. The SMILES string of the molecule is CCOc1ccc(C(C)CC(O)C(C)N)cc1C(C)(C)C. The molecule has 3 heteroatoms. The van der Waals surface area contributed by atoms with Crippen LogP contribution in [0.1, 0.15) is 65.0 Å². The molecule has 1 aromatic carbocycles. The largest absolute Gasteiger partial charge is 0.494 e. The van der Waals surface area contributed by atoms with Gasteiger partial charge in [0.1, 0.15) is 5.75 Å². The molecule has 1 rings (SSSR count). The van der Waals surface area contributed by atoms with Crippen molar-refractivity contribution < 1.29 is 9.84 Å². The molecule has 0 spiro atoms. The summed E-state index contributed by atoms with van der Waals surface area (Å²) in [5.74, 6) is 1.22. The van der Waals surface area contributed by atoms with E-state index in [1.54, 1.807) is 0 Å². The molecule has 3 nitrogen and oxygen atoms in total. The van der Waals surface area contributed by atoms with Gasteiger partial charge in [0.05, 0.1) is 12.7 Å². The molecule has 3 unspecified atom stereocenters. The van der Waals surface area contributed by atoms with Crippen LogP contribution < -0.4 is 10.5 Å². The molecule has 21 heavy (non-hydrogen) atoms. The predicted octanol–water partition coefficient (Wildman–Crippen LogP) is 3.58. The zero-order valence-electron chi connectivity index (χ0n) is 14.3. The predicted molar refractivity (Wildman–Crippen MR) is 89.0 cm³/mol. The summed E-state index contributed by atoms with van der Waals surface area (Å²) in [5, 5.41) is 9.98. The lowest BCUT2D eigenvalue weighted by Gasteiger charge is -2.25. The van der Waals surface area contributed by atoms with Crippen LogP contribution in [0.3, 0.4) is 0 Å². The molecule has 0 aromatic heterocycles. The summed E-state index contributed by atoms with van der Waals surface area (Å²) in [5.41, 5.74) is 8.22. The summed E-state index contributed by atoms with van der Waals surface area (Å²) in [6.07, 6.45) is 0.208. The molecule has 0 aliphatic rings. The first-order chi connectivity index (χ1) is 9.66. The van der Waals surface area contributed by atoms with Crippen LogP contribution in [0.15, 0.2) is 18.2 Å². The lowest BCUT2D eigenvalue weighted by Crippen LogP contribution is -2.32. The van der Waals surface area contributed by atoms with Gasteiger partial charge >= 0.3 is 0 Å². The molecule has 3 atom stereocenters. The number of aliphatic hydroxyl groups excluding tert-OH is 1. The molecule has 120 valence electrons. The first-order valence-electron chi connectivity index (χ1n) is 7.87. The fourth-order valence-corrected chi connectivity index (χ4v) is 2.43. The van der Waals surface area contributed by atoms with Crippen LogP contribution in [0.2, 0.25) is 0 Å². The van der Waals surface area contributed by atoms with E-state index >= 15 is 0 Å². The summed E-state index contributed by atoms with van der Waals surface area (Å²) in [7, 11) is 0. The smallest absolute Gasteiger partial charge is 0.123 e. The third-order valence-corrected chi connectivity index (χ3v) is 3.88. The van der Waals surface area contributed by atoms with Crippen LogP contribution >= 0.6 is 0 Å². The second-order valence-corrected chi connectivity index (χ2v) is 7.00. The van der Waals surface area contributed by atoms with Crippen LogP contribution in [0.4, 0.5) is 0 Å². The molecular formula is C18H31NO2. The van der Waals surface area contributed by atoms with Crippen LogP contribution in [0.5, 0.6) is 5.75 Å². The van der Waals surface area contributed by atoms with E-state index in [1.807, 2.05) is 19.9 Å². The molecular weight excluding hydrogens is 262 g/mol. The quantitative estimate of drug-likeness (QED) is 0.843. The van der Waals surface area contributed by atoms with E-state index in [0.29, 0.717) is 13.0 Å². The van der Waals surface area contributed by atoms with Crippen LogP contribution in [0, 0.1) is 0 Å². The van der Waals surface area contributed by atoms with Gasteiger partial charge in [-0.25, -0.2) is 0 Å². The van der Waals surface area contributed by atoms with Crippen molar-refractivity contribution in [2.24, 2.45) is 5.73 Å². The molecule has 0 radical (unpaired) electrons. The molecule has 0 heterocycles. The monoisotopic (exact) mass is 293 g/mol. The Hall–Kier alpha value is -1.06. The molecule has 0 bridgehead atoms. The van der Waals surface area contributed by atoms with E-state index in [2.05, 4.69) is 39.8 Å². The van der Waals surface area contributed by atoms with Crippen molar-refractivity contribution in [2.45, 2.75) is 71.4 Å². The molecule has 0 aliphatic heterocycles. The Morgan fingerprint density at radius 3 is 2.33 bits per heavy atom. The van der Waals surface area contributed by atoms with Gasteiger partial charge < -0.3 is 15.6 Å². The lowest BCUT2D eigenvalue weighted by molar-refractivity contribution is 0.134. The highest BCUT2D eigenvalue weighted by atomic mass is 16.5. The number of rotatable bonds is 6. The number of hydrogen-bond acceptors (Lipinski definition) is 3. The number of ether oxygens (including phenoxy) is 1. The van der Waals surface area contributed by atoms with E-state index in [-0.39, 0.29) is 17.4 Å². The summed E-state index contributed by atoms with van der Waals surface area (Å²) in [6, 6.07) is 6.16. The second kappa shape index (κ2) is 7.28. The normalized spacial score (nSPS) is 16.4. The van der Waals surface area contributed by atoms with Gasteiger partial charge in [0.2, 0.25) is 0 Å². The Labute approximate surface area is 129 Å². The third kappa shape index (κ3) is 5.01. The van der Waals surface area contributed by atoms with Crippen molar-refractivity contribution in [1.82, 2.24) is 0 Å². The van der Waals surface area contributed by atoms with Crippen molar-refractivity contribution in [2.75, 3.05) is 6.61 Å². The van der Waals surface area contributed by atoms with Crippen LogP contribution in [-0.4, -0.2) is 23.9 Å². The summed E-state index contributed by atoms with van der Waals surface area (Å²) < 4.78 is 5.75. The topological polar surface area (TPSA) is 55.5 Å². The maximum atomic E-state index is 9.98. The standard InChI is InChI=1S/C18H31NO2/c1-7-21-17-9-8-14(11-15(17)18(4,5)6)12(2)10-16(20)13(3)19/h8-9,11-13,16,20H,7,10,19H2,1-6H3. The molecule has 0 aliphatic carbocycles. The van der Waals surface area contributed by atoms with Gasteiger partial charge in [0.25, 0.3) is 0 Å². The van der Waals surface area contributed by atoms with Crippen molar-refractivity contribution in [3.05, 3.63) is 29.3 Å². The van der Waals surface area contributed by atoms with Gasteiger partial charge in [0.15, 0.2) is 0 Å². The zero-order valence-corrected chi connectivity index (χ0v) is 14.3.